The van der Waals surface area contributed by atoms with Crippen LogP contribution in [0.2, 0.25) is 0 Å². The summed E-state index contributed by atoms with van der Waals surface area (Å²) in [5.41, 5.74) is 2.14. The molecule has 112 valence electrons. The van der Waals surface area contributed by atoms with Crippen molar-refractivity contribution < 1.29 is 4.74 Å². The molecule has 21 heavy (non-hydrogen) atoms. The number of ether oxygens (including phenoxy) is 1. The molecule has 3 nitrogen and oxygen atoms in total. The second-order valence-electron chi connectivity index (χ2n) is 5.67. The number of rotatable bonds is 6. The zero-order valence-corrected chi connectivity index (χ0v) is 13.3. The van der Waals surface area contributed by atoms with Gasteiger partial charge in [0.25, 0.3) is 0 Å². The Hall–Kier alpha value is -1.87. The van der Waals surface area contributed by atoms with E-state index in [-0.39, 0.29) is 11.5 Å². The van der Waals surface area contributed by atoms with Gasteiger partial charge in [-0.3, -0.25) is 4.98 Å². The van der Waals surface area contributed by atoms with E-state index in [4.69, 9.17) is 4.74 Å². The van der Waals surface area contributed by atoms with Crippen molar-refractivity contribution in [1.29, 1.82) is 0 Å². The zero-order valence-electron chi connectivity index (χ0n) is 13.3. The molecule has 0 saturated heterocycles. The van der Waals surface area contributed by atoms with E-state index in [2.05, 4.69) is 55.3 Å². The Balaban J connectivity index is 2.47. The van der Waals surface area contributed by atoms with E-state index in [1.165, 1.54) is 5.56 Å². The first-order chi connectivity index (χ1) is 10.1. The van der Waals surface area contributed by atoms with Crippen molar-refractivity contribution in [2.75, 3.05) is 13.7 Å². The summed E-state index contributed by atoms with van der Waals surface area (Å²) in [5.74, 6) is 0.826. The lowest BCUT2D eigenvalue weighted by atomic mass is 9.76. The first-order valence-corrected chi connectivity index (χ1v) is 7.39. The molecule has 0 aliphatic heterocycles. The highest BCUT2D eigenvalue weighted by Gasteiger charge is 2.34. The topological polar surface area (TPSA) is 34.2 Å². The molecule has 2 aromatic rings. The van der Waals surface area contributed by atoms with Crippen LogP contribution >= 0.6 is 0 Å². The van der Waals surface area contributed by atoms with Crippen molar-refractivity contribution in [2.24, 2.45) is 0 Å². The van der Waals surface area contributed by atoms with Crippen molar-refractivity contribution in [3.63, 3.8) is 0 Å². The second kappa shape index (κ2) is 6.72. The normalized spacial score (nSPS) is 13.0. The van der Waals surface area contributed by atoms with Gasteiger partial charge in [-0.25, -0.2) is 0 Å². The molecule has 0 saturated carbocycles. The highest BCUT2D eigenvalue weighted by atomic mass is 16.5. The van der Waals surface area contributed by atoms with Gasteiger partial charge in [0.1, 0.15) is 11.4 Å². The minimum atomic E-state index is -0.0983. The Morgan fingerprint density at radius 1 is 1.14 bits per heavy atom. The number of likely N-dealkylation sites (N-methyl/N-ethyl adjacent to an activating group) is 1. The van der Waals surface area contributed by atoms with Gasteiger partial charge >= 0.3 is 0 Å². The monoisotopic (exact) mass is 284 g/mol. The van der Waals surface area contributed by atoms with Gasteiger partial charge in [0, 0.05) is 11.6 Å². The summed E-state index contributed by atoms with van der Waals surface area (Å²) in [4.78, 5) is 4.57. The lowest BCUT2D eigenvalue weighted by Crippen LogP contribution is -2.38. The molecule has 1 aromatic carbocycles. The van der Waals surface area contributed by atoms with E-state index in [0.29, 0.717) is 0 Å². The maximum atomic E-state index is 5.50. The van der Waals surface area contributed by atoms with Crippen molar-refractivity contribution in [3.05, 3.63) is 59.9 Å². The van der Waals surface area contributed by atoms with E-state index < -0.39 is 0 Å². The standard InChI is InChI=1S/C18H24N2O/c1-5-19-17(16-15(21-4)12-9-13-20-16)18(2,3)14-10-7-6-8-11-14/h6-13,17,19H,5H2,1-4H3. The number of hydrogen-bond donors (Lipinski definition) is 1. The predicted molar refractivity (Wildman–Crippen MR) is 86.7 cm³/mol. The van der Waals surface area contributed by atoms with Crippen LogP contribution in [0.1, 0.15) is 38.1 Å². The van der Waals surface area contributed by atoms with Crippen LogP contribution in [0.4, 0.5) is 0 Å². The average Bonchev–Trinajstić information content (AvgIpc) is 2.53. The molecule has 0 bridgehead atoms. The van der Waals surface area contributed by atoms with E-state index in [9.17, 15) is 0 Å². The summed E-state index contributed by atoms with van der Waals surface area (Å²) in [6.07, 6.45) is 1.82. The number of nitrogens with one attached hydrogen (secondary N) is 1. The number of hydrogen-bond acceptors (Lipinski definition) is 3. The molecule has 0 aliphatic rings. The van der Waals surface area contributed by atoms with Gasteiger partial charge in [0.2, 0.25) is 0 Å². The summed E-state index contributed by atoms with van der Waals surface area (Å²) in [5, 5.41) is 3.57. The van der Waals surface area contributed by atoms with Crippen molar-refractivity contribution >= 4 is 0 Å². The molecule has 1 N–H and O–H groups in total. The lowest BCUT2D eigenvalue weighted by molar-refractivity contribution is 0.326. The fourth-order valence-corrected chi connectivity index (χ4v) is 2.72. The first-order valence-electron chi connectivity index (χ1n) is 7.39. The molecule has 1 unspecified atom stereocenters. The fraction of sp³-hybridized carbons (Fsp3) is 0.389. The number of benzene rings is 1. The quantitative estimate of drug-likeness (QED) is 0.878. The molecule has 0 radical (unpaired) electrons. The largest absolute Gasteiger partial charge is 0.495 e. The van der Waals surface area contributed by atoms with E-state index in [1.54, 1.807) is 7.11 Å². The SMILES string of the molecule is CCNC(c1ncccc1OC)C(C)(C)c1ccccc1. The second-order valence-corrected chi connectivity index (χ2v) is 5.67. The van der Waals surface area contributed by atoms with Crippen molar-refractivity contribution in [3.8, 4) is 5.75 Å². The van der Waals surface area contributed by atoms with Crippen LogP contribution in [0, 0.1) is 0 Å². The smallest absolute Gasteiger partial charge is 0.142 e. The van der Waals surface area contributed by atoms with Crippen molar-refractivity contribution in [2.45, 2.75) is 32.2 Å². The molecule has 1 aromatic heterocycles. The van der Waals surface area contributed by atoms with Crippen LogP contribution in [-0.4, -0.2) is 18.6 Å². The van der Waals surface area contributed by atoms with Crippen LogP contribution in [0.25, 0.3) is 0 Å². The van der Waals surface area contributed by atoms with Crippen LogP contribution in [0.3, 0.4) is 0 Å². The molecule has 1 heterocycles. The highest BCUT2D eigenvalue weighted by Crippen LogP contribution is 2.39. The van der Waals surface area contributed by atoms with Gasteiger partial charge in [-0.05, 0) is 24.2 Å². The molecule has 3 heteroatoms. The fourth-order valence-electron chi connectivity index (χ4n) is 2.72. The summed E-state index contributed by atoms with van der Waals surface area (Å²) < 4.78 is 5.50. The molecular formula is C18H24N2O. The Morgan fingerprint density at radius 3 is 2.48 bits per heavy atom. The summed E-state index contributed by atoms with van der Waals surface area (Å²) in [7, 11) is 1.69. The Labute approximate surface area is 127 Å². The first kappa shape index (κ1) is 15.5. The van der Waals surface area contributed by atoms with Gasteiger partial charge in [-0.1, -0.05) is 51.1 Å². The summed E-state index contributed by atoms with van der Waals surface area (Å²) >= 11 is 0. The molecule has 1 atom stereocenters. The maximum Gasteiger partial charge on any atom is 0.142 e. The van der Waals surface area contributed by atoms with Crippen LogP contribution in [0.15, 0.2) is 48.7 Å². The van der Waals surface area contributed by atoms with E-state index >= 15 is 0 Å². The zero-order chi connectivity index (χ0) is 15.3. The van der Waals surface area contributed by atoms with Gasteiger partial charge in [-0.2, -0.15) is 0 Å². The lowest BCUT2D eigenvalue weighted by Gasteiger charge is -2.35. The Bertz CT molecular complexity index is 566. The predicted octanol–water partition coefficient (Wildman–Crippen LogP) is 3.72. The molecular weight excluding hydrogens is 260 g/mol. The molecule has 0 aliphatic carbocycles. The minimum absolute atomic E-state index is 0.0843. The number of aromatic nitrogens is 1. The third kappa shape index (κ3) is 3.24. The summed E-state index contributed by atoms with van der Waals surface area (Å²) in [6.45, 7) is 7.47. The van der Waals surface area contributed by atoms with E-state index in [0.717, 1.165) is 18.0 Å². The highest BCUT2D eigenvalue weighted by molar-refractivity contribution is 5.36. The van der Waals surface area contributed by atoms with Crippen molar-refractivity contribution in [1.82, 2.24) is 10.3 Å². The van der Waals surface area contributed by atoms with Crippen LogP contribution in [-0.2, 0) is 5.41 Å². The molecule has 0 amide bonds. The van der Waals surface area contributed by atoms with Gasteiger partial charge in [0.15, 0.2) is 0 Å². The maximum absolute atomic E-state index is 5.50. The number of pyridine rings is 1. The van der Waals surface area contributed by atoms with Crippen LogP contribution in [0.5, 0.6) is 5.75 Å². The third-order valence-electron chi connectivity index (χ3n) is 3.94. The molecule has 0 fully saturated rings. The molecule has 0 spiro atoms. The van der Waals surface area contributed by atoms with E-state index in [1.807, 2.05) is 24.4 Å². The van der Waals surface area contributed by atoms with Gasteiger partial charge < -0.3 is 10.1 Å². The average molecular weight is 284 g/mol. The van der Waals surface area contributed by atoms with Gasteiger partial charge in [-0.15, -0.1) is 0 Å². The number of nitrogens with zero attached hydrogens (tertiary/aromatic N) is 1. The molecule has 2 rings (SSSR count). The summed E-state index contributed by atoms with van der Waals surface area (Å²) in [6, 6.07) is 14.5. The van der Waals surface area contributed by atoms with Gasteiger partial charge in [0.05, 0.1) is 13.2 Å². The Kier molecular flexibility index (Phi) is 4.97. The Morgan fingerprint density at radius 2 is 1.86 bits per heavy atom. The third-order valence-corrected chi connectivity index (χ3v) is 3.94. The van der Waals surface area contributed by atoms with Crippen LogP contribution < -0.4 is 10.1 Å². The number of methoxy groups -OCH3 is 1. The minimum Gasteiger partial charge on any atom is -0.495 e.